The number of rotatable bonds is 2. The number of hydrogen-bond acceptors (Lipinski definition) is 2. The molecule has 0 bridgehead atoms. The SMILES string of the molecule is NCC[N+]12C(=O)[C@@H]3CC[C@H]1C32. The molecule has 60 valence electrons. The molecule has 0 radical (unpaired) electrons. The molecule has 0 aromatic carbocycles. The fourth-order valence-electron chi connectivity index (χ4n) is 3.44. The Morgan fingerprint density at radius 1 is 1.55 bits per heavy atom. The number of β-lactam (4-membered cyclic amide) rings is 1. The van der Waals surface area contributed by atoms with Gasteiger partial charge in [0.2, 0.25) is 0 Å². The van der Waals surface area contributed by atoms with Gasteiger partial charge in [0.05, 0.1) is 6.54 Å². The van der Waals surface area contributed by atoms with Crippen LogP contribution in [0, 0.1) is 5.92 Å². The third kappa shape index (κ3) is 0.413. The summed E-state index contributed by atoms with van der Waals surface area (Å²) >= 11 is 0. The summed E-state index contributed by atoms with van der Waals surface area (Å²) in [6.45, 7) is 1.58. The molecule has 2 N–H and O–H groups in total. The Balaban J connectivity index is 1.89. The van der Waals surface area contributed by atoms with E-state index in [4.69, 9.17) is 5.73 Å². The first kappa shape index (κ1) is 6.14. The van der Waals surface area contributed by atoms with Gasteiger partial charge >= 0.3 is 5.91 Å². The molecule has 1 aliphatic carbocycles. The lowest BCUT2D eigenvalue weighted by Crippen LogP contribution is -2.57. The van der Waals surface area contributed by atoms with Crippen molar-refractivity contribution in [2.24, 2.45) is 11.7 Å². The smallest absolute Gasteiger partial charge is 0.324 e. The summed E-state index contributed by atoms with van der Waals surface area (Å²) in [5.74, 6) is 0.947. The fourth-order valence-corrected chi connectivity index (χ4v) is 3.44. The van der Waals surface area contributed by atoms with E-state index in [0.717, 1.165) is 17.1 Å². The molecular weight excluding hydrogens is 140 g/mol. The van der Waals surface area contributed by atoms with Crippen molar-refractivity contribution in [1.29, 1.82) is 0 Å². The number of hydrogen-bond donors (Lipinski definition) is 1. The quantitative estimate of drug-likeness (QED) is 0.329. The van der Waals surface area contributed by atoms with Gasteiger partial charge in [-0.05, 0) is 6.42 Å². The maximum atomic E-state index is 11.5. The van der Waals surface area contributed by atoms with Crippen LogP contribution in [0.4, 0.5) is 0 Å². The van der Waals surface area contributed by atoms with Crippen LogP contribution in [0.25, 0.3) is 0 Å². The van der Waals surface area contributed by atoms with Gasteiger partial charge in [0, 0.05) is 13.0 Å². The van der Waals surface area contributed by atoms with Gasteiger partial charge in [0.15, 0.2) is 12.1 Å². The Morgan fingerprint density at radius 2 is 2.36 bits per heavy atom. The number of nitrogens with two attached hydrogens (primary N) is 1. The lowest BCUT2D eigenvalue weighted by molar-refractivity contribution is -0.783. The summed E-state index contributed by atoms with van der Waals surface area (Å²) < 4.78 is 0.793. The Morgan fingerprint density at radius 3 is 2.91 bits per heavy atom. The second kappa shape index (κ2) is 1.52. The van der Waals surface area contributed by atoms with Crippen molar-refractivity contribution < 1.29 is 9.28 Å². The minimum atomic E-state index is 0.451. The highest BCUT2D eigenvalue weighted by Gasteiger charge is 2.87. The molecule has 2 unspecified atom stereocenters. The standard InChI is InChI=1S/C8H13N2O/c9-3-4-10-6-2-1-5(7(6)10)8(10)11/h5-7H,1-4,9H2/q+1/t5-,6+,7?,10?/m1/s1. The van der Waals surface area contributed by atoms with Crippen LogP contribution in [0.15, 0.2) is 0 Å². The fraction of sp³-hybridized carbons (Fsp3) is 0.875. The zero-order valence-electron chi connectivity index (χ0n) is 6.49. The highest BCUT2D eigenvalue weighted by Crippen LogP contribution is 2.63. The minimum Gasteiger partial charge on any atom is -0.326 e. The number of carbonyl (C=O) groups is 1. The van der Waals surface area contributed by atoms with Gasteiger partial charge in [-0.1, -0.05) is 0 Å². The summed E-state index contributed by atoms with van der Waals surface area (Å²) in [6.07, 6.45) is 2.44. The van der Waals surface area contributed by atoms with Crippen molar-refractivity contribution in [3.63, 3.8) is 0 Å². The number of quaternary nitrogens is 1. The van der Waals surface area contributed by atoms with Crippen LogP contribution < -0.4 is 5.73 Å². The molecule has 2 saturated heterocycles. The molecule has 3 fully saturated rings. The topological polar surface area (TPSA) is 43.1 Å². The Bertz CT molecular complexity index is 234. The normalized spacial score (nSPS) is 57.2. The van der Waals surface area contributed by atoms with Crippen molar-refractivity contribution >= 4 is 5.91 Å². The number of carbonyl (C=O) groups excluding carboxylic acids is 1. The largest absolute Gasteiger partial charge is 0.326 e. The highest BCUT2D eigenvalue weighted by atomic mass is 16.2. The summed E-state index contributed by atoms with van der Waals surface area (Å²) in [4.78, 5) is 11.5. The van der Waals surface area contributed by atoms with Crippen LogP contribution in [0.2, 0.25) is 0 Å². The molecule has 3 aliphatic rings. The lowest BCUT2D eigenvalue weighted by Gasteiger charge is -2.33. The maximum absolute atomic E-state index is 11.5. The predicted molar refractivity (Wildman–Crippen MR) is 39.5 cm³/mol. The highest BCUT2D eigenvalue weighted by molar-refractivity contribution is 5.83. The first-order chi connectivity index (χ1) is 5.32. The van der Waals surface area contributed by atoms with E-state index in [1.165, 1.54) is 12.8 Å². The van der Waals surface area contributed by atoms with Gasteiger partial charge in [0.1, 0.15) is 5.92 Å². The van der Waals surface area contributed by atoms with Gasteiger partial charge in [-0.15, -0.1) is 0 Å². The van der Waals surface area contributed by atoms with E-state index in [1.807, 2.05) is 0 Å². The predicted octanol–water partition coefficient (Wildman–Crippen LogP) is -0.537. The molecule has 0 aromatic heterocycles. The monoisotopic (exact) mass is 153 g/mol. The summed E-state index contributed by atoms with van der Waals surface area (Å²) in [7, 11) is 0. The molecule has 3 heteroatoms. The van der Waals surface area contributed by atoms with E-state index < -0.39 is 0 Å². The van der Waals surface area contributed by atoms with Crippen LogP contribution in [0.5, 0.6) is 0 Å². The zero-order chi connectivity index (χ0) is 7.64. The average Bonchev–Trinajstić information content (AvgIpc) is 2.39. The third-order valence-corrected chi connectivity index (χ3v) is 3.84. The molecule has 4 atom stereocenters. The Labute approximate surface area is 65.7 Å². The van der Waals surface area contributed by atoms with E-state index >= 15 is 0 Å². The molecule has 11 heavy (non-hydrogen) atoms. The first-order valence-electron chi connectivity index (χ1n) is 4.44. The first-order valence-corrected chi connectivity index (χ1v) is 4.44. The van der Waals surface area contributed by atoms with Crippen molar-refractivity contribution in [3.05, 3.63) is 0 Å². The molecule has 2 heterocycles. The average molecular weight is 153 g/mol. The maximum Gasteiger partial charge on any atom is 0.324 e. The zero-order valence-corrected chi connectivity index (χ0v) is 6.49. The number of nitrogens with zero attached hydrogens (tertiary/aromatic N) is 1. The van der Waals surface area contributed by atoms with E-state index in [1.54, 1.807) is 0 Å². The van der Waals surface area contributed by atoms with Crippen LogP contribution in [-0.4, -0.2) is 35.6 Å². The Kier molecular flexibility index (Phi) is 0.848. The second-order valence-corrected chi connectivity index (χ2v) is 4.02. The molecule has 0 aromatic rings. The van der Waals surface area contributed by atoms with Crippen molar-refractivity contribution in [3.8, 4) is 0 Å². The van der Waals surface area contributed by atoms with Crippen LogP contribution in [-0.2, 0) is 4.79 Å². The minimum absolute atomic E-state index is 0.451. The summed E-state index contributed by atoms with van der Waals surface area (Å²) in [6, 6.07) is 1.43. The summed E-state index contributed by atoms with van der Waals surface area (Å²) in [5.41, 5.74) is 5.48. The second-order valence-electron chi connectivity index (χ2n) is 4.02. The lowest BCUT2D eigenvalue weighted by atomic mass is 9.96. The van der Waals surface area contributed by atoms with E-state index in [2.05, 4.69) is 0 Å². The summed E-state index contributed by atoms with van der Waals surface area (Å²) in [5, 5.41) is 0. The number of fused-ring (bicyclic) bond motifs is 1. The van der Waals surface area contributed by atoms with Crippen LogP contribution >= 0.6 is 0 Å². The molecule has 3 nitrogen and oxygen atoms in total. The van der Waals surface area contributed by atoms with E-state index in [0.29, 0.717) is 24.4 Å². The van der Waals surface area contributed by atoms with Gasteiger partial charge in [-0.2, -0.15) is 0 Å². The third-order valence-electron chi connectivity index (χ3n) is 3.84. The van der Waals surface area contributed by atoms with Gasteiger partial charge in [-0.25, -0.2) is 9.28 Å². The van der Waals surface area contributed by atoms with Crippen molar-refractivity contribution in [1.82, 2.24) is 0 Å². The molecular formula is C8H13N2O+. The number of piperidine rings is 2. The molecule has 2 aliphatic heterocycles. The van der Waals surface area contributed by atoms with Crippen LogP contribution in [0.1, 0.15) is 12.8 Å². The van der Waals surface area contributed by atoms with Gasteiger partial charge < -0.3 is 5.73 Å². The molecule has 3 rings (SSSR count). The molecule has 0 spiro atoms. The Hall–Kier alpha value is -0.410. The van der Waals surface area contributed by atoms with Gasteiger partial charge in [0.25, 0.3) is 0 Å². The van der Waals surface area contributed by atoms with E-state index in [9.17, 15) is 4.79 Å². The van der Waals surface area contributed by atoms with E-state index in [-0.39, 0.29) is 0 Å². The molecule has 1 saturated carbocycles. The van der Waals surface area contributed by atoms with Crippen molar-refractivity contribution in [2.45, 2.75) is 24.9 Å². The van der Waals surface area contributed by atoms with Crippen LogP contribution in [0.3, 0.4) is 0 Å². The molecule has 1 amide bonds. The van der Waals surface area contributed by atoms with Crippen molar-refractivity contribution in [2.75, 3.05) is 13.1 Å². The number of amides is 1. The van der Waals surface area contributed by atoms with Gasteiger partial charge in [-0.3, -0.25) is 0 Å².